The van der Waals surface area contributed by atoms with E-state index in [-0.39, 0.29) is 0 Å². The first-order valence-corrected chi connectivity index (χ1v) is 10.6. The average Bonchev–Trinajstić information content (AvgIpc) is 2.57. The molecule has 0 aliphatic carbocycles. The van der Waals surface area contributed by atoms with Crippen molar-refractivity contribution in [1.82, 2.24) is 0 Å². The van der Waals surface area contributed by atoms with Crippen molar-refractivity contribution < 1.29 is 4.74 Å². The van der Waals surface area contributed by atoms with E-state index in [1.807, 2.05) is 19.9 Å². The molecule has 23 heavy (non-hydrogen) atoms. The lowest BCUT2D eigenvalue weighted by atomic mass is 10.0. The predicted molar refractivity (Wildman–Crippen MR) is 105 cm³/mol. The Hall–Kier alpha value is -0.460. The summed E-state index contributed by atoms with van der Waals surface area (Å²) in [5.74, 6) is 1.06. The number of unbranched alkanes of at least 4 members (excludes halogenated alkanes) is 15. The minimum absolute atomic E-state index is 0.897. The maximum absolute atomic E-state index is 5.57. The molecule has 0 heterocycles. The highest BCUT2D eigenvalue weighted by Crippen LogP contribution is 2.13. The number of hydrogen-bond acceptors (Lipinski definition) is 1. The van der Waals surface area contributed by atoms with Crippen LogP contribution in [0.25, 0.3) is 0 Å². The van der Waals surface area contributed by atoms with Gasteiger partial charge in [0, 0.05) is 0 Å². The van der Waals surface area contributed by atoms with Crippen molar-refractivity contribution in [2.75, 3.05) is 6.61 Å². The van der Waals surface area contributed by atoms with Crippen LogP contribution in [0.5, 0.6) is 0 Å². The van der Waals surface area contributed by atoms with Crippen molar-refractivity contribution in [1.29, 1.82) is 0 Å². The van der Waals surface area contributed by atoms with Crippen LogP contribution >= 0.6 is 0 Å². The molecule has 0 aliphatic rings. The predicted octanol–water partition coefficient (Wildman–Crippen LogP) is 8.19. The fourth-order valence-electron chi connectivity index (χ4n) is 2.97. The van der Waals surface area contributed by atoms with Crippen LogP contribution in [0.2, 0.25) is 0 Å². The van der Waals surface area contributed by atoms with E-state index in [4.69, 9.17) is 4.74 Å². The van der Waals surface area contributed by atoms with E-state index in [0.717, 1.165) is 12.4 Å². The molecule has 0 saturated carbocycles. The Labute approximate surface area is 147 Å². The maximum Gasteiger partial charge on any atom is 0.0886 e. The third-order valence-corrected chi connectivity index (χ3v) is 4.73. The van der Waals surface area contributed by atoms with Crippen LogP contribution in [0.15, 0.2) is 11.8 Å². The van der Waals surface area contributed by atoms with Gasteiger partial charge in [-0.25, -0.2) is 0 Å². The van der Waals surface area contributed by atoms with Crippen LogP contribution in [0.4, 0.5) is 0 Å². The summed E-state index contributed by atoms with van der Waals surface area (Å²) in [7, 11) is 0. The highest BCUT2D eigenvalue weighted by atomic mass is 16.5. The average molecular weight is 325 g/mol. The van der Waals surface area contributed by atoms with Crippen LogP contribution in [0.3, 0.4) is 0 Å². The zero-order valence-electron chi connectivity index (χ0n) is 16.5. The van der Waals surface area contributed by atoms with Crippen LogP contribution in [0, 0.1) is 0 Å². The molecule has 0 aromatic rings. The molecule has 0 radical (unpaired) electrons. The zero-order valence-corrected chi connectivity index (χ0v) is 16.5. The van der Waals surface area contributed by atoms with Crippen molar-refractivity contribution >= 4 is 0 Å². The number of allylic oxidation sites excluding steroid dienone is 2. The van der Waals surface area contributed by atoms with Gasteiger partial charge in [0.25, 0.3) is 0 Å². The van der Waals surface area contributed by atoms with E-state index in [1.165, 1.54) is 103 Å². The van der Waals surface area contributed by atoms with Crippen molar-refractivity contribution in [3.8, 4) is 0 Å². The normalized spacial score (nSPS) is 11.9. The van der Waals surface area contributed by atoms with Crippen LogP contribution in [0.1, 0.15) is 124 Å². The van der Waals surface area contributed by atoms with Gasteiger partial charge in [0.2, 0.25) is 0 Å². The molecule has 0 saturated heterocycles. The molecule has 0 unspecified atom stereocenters. The summed E-state index contributed by atoms with van der Waals surface area (Å²) in [5, 5.41) is 0. The lowest BCUT2D eigenvalue weighted by Gasteiger charge is -2.06. The van der Waals surface area contributed by atoms with Gasteiger partial charge >= 0.3 is 0 Å². The third-order valence-electron chi connectivity index (χ3n) is 4.73. The molecule has 0 aromatic heterocycles. The SMILES string of the molecule is CC=C(C)OCCCCCCCCCCCCCCCCCC. The van der Waals surface area contributed by atoms with E-state index in [9.17, 15) is 0 Å². The molecular weight excluding hydrogens is 280 g/mol. The van der Waals surface area contributed by atoms with Crippen LogP contribution < -0.4 is 0 Å². The zero-order chi connectivity index (χ0) is 17.0. The van der Waals surface area contributed by atoms with Crippen LogP contribution in [-0.2, 0) is 4.74 Å². The van der Waals surface area contributed by atoms with Gasteiger partial charge in [-0.3, -0.25) is 0 Å². The van der Waals surface area contributed by atoms with E-state index in [0.29, 0.717) is 0 Å². The lowest BCUT2D eigenvalue weighted by Crippen LogP contribution is -1.92. The van der Waals surface area contributed by atoms with Crippen LogP contribution in [-0.4, -0.2) is 6.61 Å². The Morgan fingerprint density at radius 2 is 0.957 bits per heavy atom. The first kappa shape index (κ1) is 22.5. The largest absolute Gasteiger partial charge is 0.499 e. The van der Waals surface area contributed by atoms with Crippen molar-refractivity contribution in [3.05, 3.63) is 11.8 Å². The highest BCUT2D eigenvalue weighted by Gasteiger charge is 1.95. The fraction of sp³-hybridized carbons (Fsp3) is 0.909. The van der Waals surface area contributed by atoms with Crippen molar-refractivity contribution in [2.24, 2.45) is 0 Å². The summed E-state index contributed by atoms with van der Waals surface area (Å²) in [5.41, 5.74) is 0. The summed E-state index contributed by atoms with van der Waals surface area (Å²) >= 11 is 0. The summed E-state index contributed by atoms with van der Waals surface area (Å²) in [6, 6.07) is 0. The maximum atomic E-state index is 5.57. The van der Waals surface area contributed by atoms with Gasteiger partial charge < -0.3 is 4.74 Å². The Kier molecular flexibility index (Phi) is 19.2. The summed E-state index contributed by atoms with van der Waals surface area (Å²) in [4.78, 5) is 0. The second-order valence-electron chi connectivity index (χ2n) is 7.05. The van der Waals surface area contributed by atoms with Gasteiger partial charge in [-0.1, -0.05) is 109 Å². The molecule has 0 fully saturated rings. The Morgan fingerprint density at radius 3 is 1.30 bits per heavy atom. The monoisotopic (exact) mass is 324 g/mol. The van der Waals surface area contributed by atoms with Gasteiger partial charge in [0.05, 0.1) is 12.4 Å². The van der Waals surface area contributed by atoms with E-state index in [2.05, 4.69) is 6.92 Å². The van der Waals surface area contributed by atoms with Gasteiger partial charge in [-0.15, -0.1) is 0 Å². The van der Waals surface area contributed by atoms with Crippen molar-refractivity contribution in [3.63, 3.8) is 0 Å². The van der Waals surface area contributed by atoms with Gasteiger partial charge in [-0.2, -0.15) is 0 Å². The van der Waals surface area contributed by atoms with E-state index >= 15 is 0 Å². The topological polar surface area (TPSA) is 9.23 Å². The Morgan fingerprint density at radius 1 is 0.609 bits per heavy atom. The third kappa shape index (κ3) is 19.5. The molecule has 0 amide bonds. The molecule has 0 aromatic carbocycles. The quantitative estimate of drug-likeness (QED) is 0.182. The molecule has 0 spiro atoms. The number of ether oxygens (including phenoxy) is 1. The van der Waals surface area contributed by atoms with E-state index in [1.54, 1.807) is 0 Å². The molecule has 0 atom stereocenters. The minimum atomic E-state index is 0.897. The molecule has 1 heteroatoms. The Balaban J connectivity index is 3.00. The van der Waals surface area contributed by atoms with Gasteiger partial charge in [-0.05, 0) is 20.3 Å². The van der Waals surface area contributed by atoms with Gasteiger partial charge in [0.15, 0.2) is 0 Å². The Bertz CT molecular complexity index is 244. The molecule has 0 aliphatic heterocycles. The number of rotatable bonds is 18. The molecular formula is C22H44O. The standard InChI is InChI=1S/C22H44O/c1-4-6-7-8-9-10-11-12-13-14-15-16-17-18-19-20-21-23-22(3)5-2/h5H,4,6-21H2,1-3H3. The first-order valence-electron chi connectivity index (χ1n) is 10.6. The smallest absolute Gasteiger partial charge is 0.0886 e. The highest BCUT2D eigenvalue weighted by molar-refractivity contribution is 4.83. The molecule has 0 rings (SSSR count). The second-order valence-corrected chi connectivity index (χ2v) is 7.05. The first-order chi connectivity index (χ1) is 11.3. The molecule has 0 N–H and O–H groups in total. The summed E-state index contributed by atoms with van der Waals surface area (Å²) in [6.45, 7) is 7.25. The fourth-order valence-corrected chi connectivity index (χ4v) is 2.97. The summed E-state index contributed by atoms with van der Waals surface area (Å²) in [6.07, 6.45) is 24.8. The van der Waals surface area contributed by atoms with Gasteiger partial charge in [0.1, 0.15) is 0 Å². The van der Waals surface area contributed by atoms with E-state index < -0.39 is 0 Å². The molecule has 1 nitrogen and oxygen atoms in total. The van der Waals surface area contributed by atoms with Crippen molar-refractivity contribution in [2.45, 2.75) is 124 Å². The molecule has 138 valence electrons. The molecule has 0 bridgehead atoms. The summed E-state index contributed by atoms with van der Waals surface area (Å²) < 4.78 is 5.57. The number of hydrogen-bond donors (Lipinski definition) is 0. The minimum Gasteiger partial charge on any atom is -0.499 e. The lowest BCUT2D eigenvalue weighted by molar-refractivity contribution is 0.206. The second kappa shape index (κ2) is 19.6.